The van der Waals surface area contributed by atoms with Crippen molar-refractivity contribution >= 4 is 46.1 Å². The van der Waals surface area contributed by atoms with Crippen LogP contribution < -0.4 is 10.9 Å². The average molecular weight is 376 g/mol. The lowest BCUT2D eigenvalue weighted by atomic mass is 10.3. The number of carbonyl (C=O) groups is 1. The maximum atomic E-state index is 13.0. The van der Waals surface area contributed by atoms with E-state index in [4.69, 9.17) is 11.6 Å². The first-order valence-electron chi connectivity index (χ1n) is 7.33. The predicted octanol–water partition coefficient (Wildman–Crippen LogP) is 2.55. The first-order chi connectivity index (χ1) is 12.0. The fourth-order valence-corrected chi connectivity index (χ4v) is 2.79. The maximum Gasteiger partial charge on any atom is 0.270 e. The molecule has 0 fully saturated rings. The van der Waals surface area contributed by atoms with Gasteiger partial charge in [0.25, 0.3) is 5.56 Å². The number of Topliss-reactive ketones (excluding diaryl/α,β-unsaturated/α-hetero) is 1. The van der Waals surface area contributed by atoms with E-state index < -0.39 is 0 Å². The lowest BCUT2D eigenvalue weighted by Crippen LogP contribution is -2.26. The third-order valence-electron chi connectivity index (χ3n) is 3.38. The van der Waals surface area contributed by atoms with Crippen LogP contribution in [0.2, 0.25) is 5.02 Å². The van der Waals surface area contributed by atoms with Crippen LogP contribution in [0, 0.1) is 0 Å². The van der Waals surface area contributed by atoms with Gasteiger partial charge >= 0.3 is 0 Å². The largest absolute Gasteiger partial charge is 0.348 e. The van der Waals surface area contributed by atoms with Crippen molar-refractivity contribution in [1.82, 2.24) is 19.5 Å². The minimum absolute atomic E-state index is 0.0306. The second-order valence-corrected chi connectivity index (χ2v) is 6.36. The SMILES string of the molecule is CSc1ncc2c(=O)n(-c3ccccc3Cl)c(NCC(C)=O)nc2n1. The molecule has 0 bridgehead atoms. The quantitative estimate of drug-likeness (QED) is 0.541. The molecule has 0 unspecified atom stereocenters. The summed E-state index contributed by atoms with van der Waals surface area (Å²) >= 11 is 7.60. The molecule has 7 nitrogen and oxygen atoms in total. The van der Waals surface area contributed by atoms with Crippen LogP contribution in [-0.2, 0) is 4.79 Å². The molecule has 2 aromatic heterocycles. The third-order valence-corrected chi connectivity index (χ3v) is 4.26. The van der Waals surface area contributed by atoms with Gasteiger partial charge in [0.2, 0.25) is 5.95 Å². The van der Waals surface area contributed by atoms with Gasteiger partial charge < -0.3 is 5.32 Å². The van der Waals surface area contributed by atoms with E-state index >= 15 is 0 Å². The molecule has 1 aromatic carbocycles. The summed E-state index contributed by atoms with van der Waals surface area (Å²) in [7, 11) is 0. The Kier molecular flexibility index (Phi) is 5.00. The van der Waals surface area contributed by atoms with Gasteiger partial charge in [-0.2, -0.15) is 4.98 Å². The monoisotopic (exact) mass is 375 g/mol. The highest BCUT2D eigenvalue weighted by atomic mass is 35.5. The normalized spacial score (nSPS) is 10.8. The molecule has 9 heteroatoms. The summed E-state index contributed by atoms with van der Waals surface area (Å²) in [6, 6.07) is 6.91. The smallest absolute Gasteiger partial charge is 0.270 e. The molecule has 0 saturated carbocycles. The van der Waals surface area contributed by atoms with Crippen molar-refractivity contribution in [3.05, 3.63) is 45.8 Å². The van der Waals surface area contributed by atoms with Crippen LogP contribution in [0.5, 0.6) is 0 Å². The van der Waals surface area contributed by atoms with Gasteiger partial charge in [-0.25, -0.2) is 14.5 Å². The molecular weight excluding hydrogens is 362 g/mol. The van der Waals surface area contributed by atoms with E-state index in [0.29, 0.717) is 15.9 Å². The van der Waals surface area contributed by atoms with Gasteiger partial charge in [-0.1, -0.05) is 35.5 Å². The van der Waals surface area contributed by atoms with Gasteiger partial charge in [-0.15, -0.1) is 0 Å². The number of nitrogens with zero attached hydrogens (tertiary/aromatic N) is 4. The summed E-state index contributed by atoms with van der Waals surface area (Å²) in [6.07, 6.45) is 3.28. The number of hydrogen-bond acceptors (Lipinski definition) is 7. The van der Waals surface area contributed by atoms with E-state index in [2.05, 4.69) is 20.3 Å². The number of benzene rings is 1. The first kappa shape index (κ1) is 17.4. The van der Waals surface area contributed by atoms with Gasteiger partial charge in [0.05, 0.1) is 17.3 Å². The van der Waals surface area contributed by atoms with Gasteiger partial charge in [-0.05, 0) is 25.3 Å². The fraction of sp³-hybridized carbons (Fsp3) is 0.188. The highest BCUT2D eigenvalue weighted by molar-refractivity contribution is 7.98. The van der Waals surface area contributed by atoms with Crippen molar-refractivity contribution in [3.8, 4) is 5.69 Å². The Morgan fingerprint density at radius 1 is 1.32 bits per heavy atom. The fourth-order valence-electron chi connectivity index (χ4n) is 2.24. The average Bonchev–Trinajstić information content (AvgIpc) is 2.60. The lowest BCUT2D eigenvalue weighted by molar-refractivity contribution is -0.115. The minimum atomic E-state index is -0.364. The number of rotatable bonds is 5. The van der Waals surface area contributed by atoms with Crippen molar-refractivity contribution < 1.29 is 4.79 Å². The number of para-hydroxylation sites is 1. The molecule has 0 aliphatic heterocycles. The number of aromatic nitrogens is 4. The van der Waals surface area contributed by atoms with Gasteiger partial charge in [0.1, 0.15) is 11.2 Å². The number of hydrogen-bond donors (Lipinski definition) is 1. The number of fused-ring (bicyclic) bond motifs is 1. The zero-order valence-corrected chi connectivity index (χ0v) is 15.1. The highest BCUT2D eigenvalue weighted by Gasteiger charge is 2.16. The maximum absolute atomic E-state index is 13.0. The Bertz CT molecular complexity index is 1020. The molecule has 0 aliphatic rings. The van der Waals surface area contributed by atoms with Crippen molar-refractivity contribution in [2.45, 2.75) is 12.1 Å². The van der Waals surface area contributed by atoms with Crippen LogP contribution in [0.25, 0.3) is 16.7 Å². The van der Waals surface area contributed by atoms with Gasteiger partial charge in [-0.3, -0.25) is 9.59 Å². The van der Waals surface area contributed by atoms with E-state index in [-0.39, 0.29) is 34.9 Å². The van der Waals surface area contributed by atoms with Crippen molar-refractivity contribution in [2.24, 2.45) is 0 Å². The van der Waals surface area contributed by atoms with Crippen molar-refractivity contribution in [1.29, 1.82) is 0 Å². The summed E-state index contributed by atoms with van der Waals surface area (Å²) in [5.41, 5.74) is 0.360. The number of thioether (sulfide) groups is 1. The van der Waals surface area contributed by atoms with Gasteiger partial charge in [0, 0.05) is 6.20 Å². The molecule has 128 valence electrons. The summed E-state index contributed by atoms with van der Waals surface area (Å²) in [5.74, 6) is 0.110. The molecule has 0 spiro atoms. The number of nitrogens with one attached hydrogen (secondary N) is 1. The summed E-state index contributed by atoms with van der Waals surface area (Å²) in [5, 5.41) is 4.05. The first-order valence-corrected chi connectivity index (χ1v) is 8.93. The number of carbonyl (C=O) groups excluding carboxylic acids is 1. The Hall–Kier alpha value is -2.45. The van der Waals surface area contributed by atoms with Crippen molar-refractivity contribution in [3.63, 3.8) is 0 Å². The molecule has 0 aliphatic carbocycles. The molecule has 1 N–H and O–H groups in total. The summed E-state index contributed by atoms with van der Waals surface area (Å²) < 4.78 is 1.33. The zero-order chi connectivity index (χ0) is 18.0. The molecule has 25 heavy (non-hydrogen) atoms. The summed E-state index contributed by atoms with van der Waals surface area (Å²) in [4.78, 5) is 37.2. The van der Waals surface area contributed by atoms with E-state index in [0.717, 1.165) is 0 Å². The highest BCUT2D eigenvalue weighted by Crippen LogP contribution is 2.22. The number of ketones is 1. The molecule has 0 atom stereocenters. The van der Waals surface area contributed by atoms with E-state index in [1.54, 1.807) is 24.3 Å². The zero-order valence-electron chi connectivity index (χ0n) is 13.5. The third kappa shape index (κ3) is 3.49. The van der Waals surface area contributed by atoms with Crippen LogP contribution in [-0.4, -0.2) is 38.1 Å². The molecule has 2 heterocycles. The Balaban J connectivity index is 2.30. The summed E-state index contributed by atoms with van der Waals surface area (Å²) in [6.45, 7) is 1.48. The molecule has 3 rings (SSSR count). The second kappa shape index (κ2) is 7.20. The van der Waals surface area contributed by atoms with Crippen LogP contribution in [0.15, 0.2) is 40.4 Å². The van der Waals surface area contributed by atoms with Crippen molar-refractivity contribution in [2.75, 3.05) is 18.1 Å². The Morgan fingerprint density at radius 2 is 2.08 bits per heavy atom. The Labute approximate surface area is 152 Å². The molecule has 0 amide bonds. The van der Waals surface area contributed by atoms with Crippen LogP contribution in [0.4, 0.5) is 5.95 Å². The number of halogens is 1. The topological polar surface area (TPSA) is 89.8 Å². The van der Waals surface area contributed by atoms with Gasteiger partial charge in [0.15, 0.2) is 10.8 Å². The van der Waals surface area contributed by atoms with Crippen LogP contribution >= 0.6 is 23.4 Å². The molecular formula is C16H14ClN5O2S. The van der Waals surface area contributed by atoms with Crippen LogP contribution in [0.3, 0.4) is 0 Å². The second-order valence-electron chi connectivity index (χ2n) is 5.18. The van der Waals surface area contributed by atoms with E-state index in [9.17, 15) is 9.59 Å². The number of anilines is 1. The Morgan fingerprint density at radius 3 is 2.76 bits per heavy atom. The molecule has 3 aromatic rings. The minimum Gasteiger partial charge on any atom is -0.348 e. The lowest BCUT2D eigenvalue weighted by Gasteiger charge is -2.15. The van der Waals surface area contributed by atoms with E-state index in [1.165, 1.54) is 29.4 Å². The van der Waals surface area contributed by atoms with E-state index in [1.807, 2.05) is 6.26 Å². The molecule has 0 radical (unpaired) electrons. The predicted molar refractivity (Wildman–Crippen MR) is 98.9 cm³/mol. The van der Waals surface area contributed by atoms with Crippen LogP contribution in [0.1, 0.15) is 6.92 Å². The molecule has 0 saturated heterocycles. The standard InChI is InChI=1S/C16H14ClN5O2S/c1-9(23)7-18-15-20-13-10(8-19-16(21-13)25-2)14(24)22(15)12-6-4-3-5-11(12)17/h3-6,8H,7H2,1-2H3,(H,18,19,20,21).